The lowest BCUT2D eigenvalue weighted by atomic mass is 9.74. The van der Waals surface area contributed by atoms with Gasteiger partial charge in [-0.3, -0.25) is 4.79 Å². The largest absolute Gasteiger partial charge is 0.481 e. The number of hydrogen-bond acceptors (Lipinski definition) is 2. The van der Waals surface area contributed by atoms with Gasteiger partial charge in [0.1, 0.15) is 0 Å². The molecule has 0 aromatic rings. The molecule has 0 heterocycles. The Kier molecular flexibility index (Phi) is 5.77. The summed E-state index contributed by atoms with van der Waals surface area (Å²) in [5.74, 6) is -0.630. The maximum Gasteiger partial charge on any atom is 0.312 e. The molecule has 0 aliphatic carbocycles. The van der Waals surface area contributed by atoms with Crippen LogP contribution in [-0.4, -0.2) is 24.8 Å². The summed E-state index contributed by atoms with van der Waals surface area (Å²) in [6, 6.07) is 0. The maximum atomic E-state index is 11.3. The number of carboxylic acid groups (broad SMARTS) is 1. The number of ether oxygens (including phenoxy) is 1. The molecule has 0 saturated carbocycles. The van der Waals surface area contributed by atoms with Crippen molar-refractivity contribution in [1.29, 1.82) is 0 Å². The van der Waals surface area contributed by atoms with E-state index in [2.05, 4.69) is 6.92 Å². The molecule has 0 aromatic heterocycles. The van der Waals surface area contributed by atoms with E-state index < -0.39 is 11.4 Å². The van der Waals surface area contributed by atoms with E-state index in [9.17, 15) is 9.90 Å². The minimum Gasteiger partial charge on any atom is -0.481 e. The monoisotopic (exact) mass is 202 g/mol. The van der Waals surface area contributed by atoms with Gasteiger partial charge in [0.25, 0.3) is 0 Å². The fourth-order valence-electron chi connectivity index (χ4n) is 1.69. The van der Waals surface area contributed by atoms with Crippen molar-refractivity contribution in [3.05, 3.63) is 0 Å². The lowest BCUT2D eigenvalue weighted by Crippen LogP contribution is -2.40. The van der Waals surface area contributed by atoms with Gasteiger partial charge in [-0.05, 0) is 12.3 Å². The van der Waals surface area contributed by atoms with Crippen molar-refractivity contribution in [3.8, 4) is 0 Å². The SMILES string of the molecule is CCCCC(COC)(C(=O)O)C(C)C. The Morgan fingerprint density at radius 1 is 1.50 bits per heavy atom. The lowest BCUT2D eigenvalue weighted by Gasteiger charge is -2.32. The third-order valence-electron chi connectivity index (χ3n) is 2.91. The normalized spacial score (nSPS) is 15.5. The molecule has 0 aliphatic rings. The molecule has 0 rings (SSSR count). The molecular weight excluding hydrogens is 180 g/mol. The molecule has 0 bridgehead atoms. The Balaban J connectivity index is 4.65. The van der Waals surface area contributed by atoms with Crippen molar-refractivity contribution in [3.63, 3.8) is 0 Å². The zero-order chi connectivity index (χ0) is 11.2. The van der Waals surface area contributed by atoms with Gasteiger partial charge in [-0.25, -0.2) is 0 Å². The van der Waals surface area contributed by atoms with Crippen LogP contribution in [0.4, 0.5) is 0 Å². The van der Waals surface area contributed by atoms with E-state index in [0.717, 1.165) is 12.8 Å². The Morgan fingerprint density at radius 3 is 2.36 bits per heavy atom. The smallest absolute Gasteiger partial charge is 0.312 e. The van der Waals surface area contributed by atoms with E-state index in [1.807, 2.05) is 13.8 Å². The van der Waals surface area contributed by atoms with Crippen LogP contribution in [0.3, 0.4) is 0 Å². The van der Waals surface area contributed by atoms with Crippen LogP contribution in [0, 0.1) is 11.3 Å². The van der Waals surface area contributed by atoms with E-state index in [4.69, 9.17) is 4.74 Å². The van der Waals surface area contributed by atoms with Crippen molar-refractivity contribution >= 4 is 5.97 Å². The zero-order valence-corrected chi connectivity index (χ0v) is 9.67. The molecule has 0 aromatic carbocycles. The van der Waals surface area contributed by atoms with E-state index >= 15 is 0 Å². The van der Waals surface area contributed by atoms with Gasteiger partial charge >= 0.3 is 5.97 Å². The van der Waals surface area contributed by atoms with Gasteiger partial charge in [0, 0.05) is 7.11 Å². The fourth-order valence-corrected chi connectivity index (χ4v) is 1.69. The van der Waals surface area contributed by atoms with E-state index in [1.54, 1.807) is 7.11 Å². The molecule has 0 aliphatic heterocycles. The van der Waals surface area contributed by atoms with Gasteiger partial charge in [-0.2, -0.15) is 0 Å². The van der Waals surface area contributed by atoms with Gasteiger partial charge in [0.15, 0.2) is 0 Å². The standard InChI is InChI=1S/C11H22O3/c1-5-6-7-11(8-14-4,9(2)3)10(12)13/h9H,5-8H2,1-4H3,(H,12,13). The van der Waals surface area contributed by atoms with Crippen molar-refractivity contribution in [2.24, 2.45) is 11.3 Å². The van der Waals surface area contributed by atoms with Crippen LogP contribution in [0.15, 0.2) is 0 Å². The summed E-state index contributed by atoms with van der Waals surface area (Å²) in [4.78, 5) is 11.3. The Bertz CT molecular complexity index is 177. The summed E-state index contributed by atoms with van der Waals surface area (Å²) in [5, 5.41) is 9.27. The number of rotatable bonds is 7. The minimum absolute atomic E-state index is 0.103. The van der Waals surface area contributed by atoms with Crippen molar-refractivity contribution < 1.29 is 14.6 Å². The molecule has 3 heteroatoms. The summed E-state index contributed by atoms with van der Waals surface area (Å²) in [5.41, 5.74) is -0.704. The van der Waals surface area contributed by atoms with Gasteiger partial charge in [-0.1, -0.05) is 33.6 Å². The number of aliphatic carboxylic acids is 1. The highest BCUT2D eigenvalue weighted by atomic mass is 16.5. The first-order valence-electron chi connectivity index (χ1n) is 5.23. The van der Waals surface area contributed by atoms with E-state index in [1.165, 1.54) is 0 Å². The minimum atomic E-state index is -0.734. The Hall–Kier alpha value is -0.570. The highest BCUT2D eigenvalue weighted by Crippen LogP contribution is 2.34. The molecular formula is C11H22O3. The second kappa shape index (κ2) is 6.02. The second-order valence-corrected chi connectivity index (χ2v) is 4.15. The molecule has 0 fully saturated rings. The molecule has 1 N–H and O–H groups in total. The zero-order valence-electron chi connectivity index (χ0n) is 9.67. The number of unbranched alkanes of at least 4 members (excludes halogenated alkanes) is 1. The van der Waals surface area contributed by atoms with Crippen LogP contribution in [0.1, 0.15) is 40.0 Å². The quantitative estimate of drug-likeness (QED) is 0.690. The topological polar surface area (TPSA) is 46.5 Å². The molecule has 1 atom stereocenters. The van der Waals surface area contributed by atoms with Gasteiger partial charge < -0.3 is 9.84 Å². The van der Waals surface area contributed by atoms with Crippen LogP contribution in [0.2, 0.25) is 0 Å². The highest BCUT2D eigenvalue weighted by Gasteiger charge is 2.41. The summed E-state index contributed by atoms with van der Waals surface area (Å²) in [6.07, 6.45) is 2.66. The number of carbonyl (C=O) groups is 1. The Labute approximate surface area is 86.5 Å². The summed E-state index contributed by atoms with van der Waals surface area (Å²) < 4.78 is 5.05. The lowest BCUT2D eigenvalue weighted by molar-refractivity contribution is -0.156. The molecule has 0 saturated heterocycles. The fraction of sp³-hybridized carbons (Fsp3) is 0.909. The summed E-state index contributed by atoms with van der Waals surface area (Å²) >= 11 is 0. The van der Waals surface area contributed by atoms with Gasteiger partial charge in [0.2, 0.25) is 0 Å². The first-order valence-corrected chi connectivity index (χ1v) is 5.23. The van der Waals surface area contributed by atoms with Gasteiger partial charge in [0.05, 0.1) is 12.0 Å². The molecule has 14 heavy (non-hydrogen) atoms. The van der Waals surface area contributed by atoms with Crippen LogP contribution in [0.5, 0.6) is 0 Å². The highest BCUT2D eigenvalue weighted by molar-refractivity contribution is 5.75. The van der Waals surface area contributed by atoms with E-state index in [0.29, 0.717) is 13.0 Å². The van der Waals surface area contributed by atoms with Crippen LogP contribution < -0.4 is 0 Å². The van der Waals surface area contributed by atoms with Crippen LogP contribution in [-0.2, 0) is 9.53 Å². The first kappa shape index (κ1) is 13.4. The van der Waals surface area contributed by atoms with E-state index in [-0.39, 0.29) is 5.92 Å². The first-order chi connectivity index (χ1) is 6.51. The number of hydrogen-bond donors (Lipinski definition) is 1. The van der Waals surface area contributed by atoms with Crippen LogP contribution in [0.25, 0.3) is 0 Å². The second-order valence-electron chi connectivity index (χ2n) is 4.15. The van der Waals surface area contributed by atoms with Crippen molar-refractivity contribution in [2.45, 2.75) is 40.0 Å². The molecule has 3 nitrogen and oxygen atoms in total. The van der Waals surface area contributed by atoms with Crippen LogP contribution >= 0.6 is 0 Å². The predicted molar refractivity (Wildman–Crippen MR) is 56.3 cm³/mol. The molecule has 0 spiro atoms. The molecule has 0 amide bonds. The summed E-state index contributed by atoms with van der Waals surface area (Å²) in [7, 11) is 1.56. The molecule has 1 unspecified atom stereocenters. The van der Waals surface area contributed by atoms with Crippen molar-refractivity contribution in [2.75, 3.05) is 13.7 Å². The predicted octanol–water partition coefficient (Wildman–Crippen LogP) is 2.55. The van der Waals surface area contributed by atoms with Gasteiger partial charge in [-0.15, -0.1) is 0 Å². The third kappa shape index (κ3) is 2.98. The van der Waals surface area contributed by atoms with Crippen molar-refractivity contribution in [1.82, 2.24) is 0 Å². The molecule has 0 radical (unpaired) electrons. The average molecular weight is 202 g/mol. The average Bonchev–Trinajstić information content (AvgIpc) is 2.11. The summed E-state index contributed by atoms with van der Waals surface area (Å²) in [6.45, 7) is 6.27. The molecule has 84 valence electrons. The Morgan fingerprint density at radius 2 is 2.07 bits per heavy atom. The third-order valence-corrected chi connectivity index (χ3v) is 2.91. The maximum absolute atomic E-state index is 11.3. The number of methoxy groups -OCH3 is 1. The number of carboxylic acids is 1.